The second-order valence-corrected chi connectivity index (χ2v) is 5.59. The number of ether oxygens (including phenoxy) is 4. The minimum atomic E-state index is 0.420. The molecule has 0 fully saturated rings. The number of halogens is 2. The Bertz CT molecular complexity index is 415. The molecule has 21 heavy (non-hydrogen) atoms. The highest BCUT2D eigenvalue weighted by atomic mass is 79.9. The number of hydrogen-bond acceptors (Lipinski definition) is 4. The van der Waals surface area contributed by atoms with Crippen molar-refractivity contribution in [3.63, 3.8) is 0 Å². The topological polar surface area (TPSA) is 36.9 Å². The average molecular weight is 382 g/mol. The molecule has 0 N–H and O–H groups in total. The van der Waals surface area contributed by atoms with E-state index in [9.17, 15) is 0 Å². The van der Waals surface area contributed by atoms with E-state index in [1.165, 1.54) is 0 Å². The Morgan fingerprint density at radius 3 is 2.24 bits per heavy atom. The summed E-state index contributed by atoms with van der Waals surface area (Å²) < 4.78 is 22.4. The molecule has 0 saturated carbocycles. The number of aryl methyl sites for hydroxylation is 1. The van der Waals surface area contributed by atoms with Crippen molar-refractivity contribution in [1.29, 1.82) is 0 Å². The van der Waals surface area contributed by atoms with Crippen molar-refractivity contribution in [2.75, 3.05) is 46.8 Å². The lowest BCUT2D eigenvalue weighted by Gasteiger charge is -2.14. The lowest BCUT2D eigenvalue weighted by molar-refractivity contribution is 0.0179. The predicted molar refractivity (Wildman–Crippen MR) is 87.4 cm³/mol. The van der Waals surface area contributed by atoms with E-state index in [-0.39, 0.29) is 0 Å². The van der Waals surface area contributed by atoms with Gasteiger partial charge in [0.25, 0.3) is 0 Å². The van der Waals surface area contributed by atoms with Crippen LogP contribution in [0.2, 0.25) is 0 Å². The maximum atomic E-state index is 5.94. The van der Waals surface area contributed by atoms with Crippen LogP contribution in [0.4, 0.5) is 0 Å². The second kappa shape index (κ2) is 11.3. The van der Waals surface area contributed by atoms with Crippen molar-refractivity contribution < 1.29 is 18.9 Å². The van der Waals surface area contributed by atoms with Gasteiger partial charge in [0, 0.05) is 17.1 Å². The monoisotopic (exact) mass is 380 g/mol. The van der Waals surface area contributed by atoms with Crippen molar-refractivity contribution in [3.05, 3.63) is 27.7 Å². The van der Waals surface area contributed by atoms with Gasteiger partial charge in [0.1, 0.15) is 12.4 Å². The summed E-state index contributed by atoms with van der Waals surface area (Å²) in [6.07, 6.45) is 0. The minimum absolute atomic E-state index is 0.420. The van der Waals surface area contributed by atoms with E-state index in [1.54, 1.807) is 7.11 Å². The molecule has 1 aromatic carbocycles. The Morgan fingerprint density at radius 1 is 1.00 bits per heavy atom. The molecule has 0 aliphatic heterocycles. The van der Waals surface area contributed by atoms with E-state index in [0.717, 1.165) is 21.3 Å². The first-order chi connectivity index (χ1) is 10.2. The van der Waals surface area contributed by atoms with Gasteiger partial charge in [-0.25, -0.2) is 0 Å². The summed E-state index contributed by atoms with van der Waals surface area (Å²) in [4.78, 5) is 0. The van der Waals surface area contributed by atoms with Crippen LogP contribution in [0.5, 0.6) is 5.75 Å². The molecule has 0 amide bonds. The Kier molecular flexibility index (Phi) is 10.0. The van der Waals surface area contributed by atoms with Crippen molar-refractivity contribution in [3.8, 4) is 5.75 Å². The first-order valence-corrected chi connectivity index (χ1v) is 8.14. The molecular formula is C15H22BrClO4. The van der Waals surface area contributed by atoms with Crippen LogP contribution in [-0.2, 0) is 20.1 Å². The summed E-state index contributed by atoms with van der Waals surface area (Å²) in [5, 5.41) is 0. The predicted octanol–water partition coefficient (Wildman–Crippen LogP) is 3.55. The number of benzene rings is 1. The van der Waals surface area contributed by atoms with Crippen molar-refractivity contribution in [1.82, 2.24) is 0 Å². The Labute approximate surface area is 139 Å². The molecule has 4 nitrogen and oxygen atoms in total. The number of hydrogen-bond donors (Lipinski definition) is 0. The van der Waals surface area contributed by atoms with Gasteiger partial charge in [0.15, 0.2) is 0 Å². The van der Waals surface area contributed by atoms with Crippen LogP contribution in [0.15, 0.2) is 16.6 Å². The molecule has 0 unspecified atom stereocenters. The number of alkyl halides is 1. The summed E-state index contributed by atoms with van der Waals surface area (Å²) in [6, 6.07) is 3.98. The van der Waals surface area contributed by atoms with Crippen LogP contribution < -0.4 is 4.74 Å². The van der Waals surface area contributed by atoms with Gasteiger partial charge in [-0.1, -0.05) is 15.9 Å². The normalized spacial score (nSPS) is 10.9. The van der Waals surface area contributed by atoms with Crippen LogP contribution in [0.25, 0.3) is 0 Å². The molecule has 0 aliphatic carbocycles. The number of rotatable bonds is 11. The average Bonchev–Trinajstić information content (AvgIpc) is 2.46. The van der Waals surface area contributed by atoms with Gasteiger partial charge in [-0.3, -0.25) is 0 Å². The first kappa shape index (κ1) is 18.7. The van der Waals surface area contributed by atoms with Crippen LogP contribution in [0.1, 0.15) is 11.1 Å². The highest BCUT2D eigenvalue weighted by Gasteiger charge is 2.08. The quantitative estimate of drug-likeness (QED) is 0.434. The third-order valence-electron chi connectivity index (χ3n) is 2.74. The molecular weight excluding hydrogens is 360 g/mol. The molecule has 0 radical (unpaired) electrons. The van der Waals surface area contributed by atoms with Crippen LogP contribution >= 0.6 is 27.5 Å². The van der Waals surface area contributed by atoms with E-state index in [1.807, 2.05) is 19.1 Å². The van der Waals surface area contributed by atoms with Gasteiger partial charge in [-0.15, -0.1) is 11.6 Å². The van der Waals surface area contributed by atoms with E-state index in [2.05, 4.69) is 15.9 Å². The molecule has 0 atom stereocenters. The summed E-state index contributed by atoms with van der Waals surface area (Å²) in [5.74, 6) is 1.26. The summed E-state index contributed by atoms with van der Waals surface area (Å²) in [7, 11) is 1.65. The Balaban J connectivity index is 2.21. The van der Waals surface area contributed by atoms with E-state index >= 15 is 0 Å². The zero-order valence-corrected chi connectivity index (χ0v) is 14.8. The van der Waals surface area contributed by atoms with Gasteiger partial charge in [0.2, 0.25) is 0 Å². The minimum Gasteiger partial charge on any atom is -0.491 e. The molecule has 1 aromatic rings. The largest absolute Gasteiger partial charge is 0.491 e. The van der Waals surface area contributed by atoms with Crippen LogP contribution in [-0.4, -0.2) is 46.8 Å². The van der Waals surface area contributed by atoms with E-state index in [4.69, 9.17) is 30.5 Å². The highest BCUT2D eigenvalue weighted by Crippen LogP contribution is 2.29. The smallest absolute Gasteiger partial charge is 0.126 e. The third-order valence-corrected chi connectivity index (χ3v) is 3.48. The maximum absolute atomic E-state index is 5.94. The SMILES string of the molecule is COCCOCCOCCOc1c(C)cc(Br)cc1CCl. The molecule has 6 heteroatoms. The van der Waals surface area contributed by atoms with Gasteiger partial charge in [-0.05, 0) is 24.6 Å². The fourth-order valence-electron chi connectivity index (χ4n) is 1.77. The van der Waals surface area contributed by atoms with Crippen LogP contribution in [0.3, 0.4) is 0 Å². The summed E-state index contributed by atoms with van der Waals surface area (Å²) in [5.41, 5.74) is 2.04. The van der Waals surface area contributed by atoms with Gasteiger partial charge in [-0.2, -0.15) is 0 Å². The van der Waals surface area contributed by atoms with Crippen molar-refractivity contribution in [2.24, 2.45) is 0 Å². The molecule has 0 bridgehead atoms. The molecule has 0 aliphatic rings. The second-order valence-electron chi connectivity index (χ2n) is 4.41. The van der Waals surface area contributed by atoms with Crippen LogP contribution in [0, 0.1) is 6.92 Å². The van der Waals surface area contributed by atoms with E-state index < -0.39 is 0 Å². The zero-order chi connectivity index (χ0) is 15.5. The highest BCUT2D eigenvalue weighted by molar-refractivity contribution is 9.10. The third kappa shape index (κ3) is 7.47. The number of methoxy groups -OCH3 is 1. The molecule has 120 valence electrons. The zero-order valence-electron chi connectivity index (χ0n) is 12.5. The fourth-order valence-corrected chi connectivity index (χ4v) is 2.59. The first-order valence-electron chi connectivity index (χ1n) is 6.81. The van der Waals surface area contributed by atoms with Gasteiger partial charge in [0.05, 0.1) is 38.9 Å². The van der Waals surface area contributed by atoms with E-state index in [0.29, 0.717) is 45.5 Å². The lowest BCUT2D eigenvalue weighted by Crippen LogP contribution is -2.13. The maximum Gasteiger partial charge on any atom is 0.126 e. The Hall–Kier alpha value is -0.330. The standard InChI is InChI=1S/C15H22BrClO4/c1-12-9-14(16)10-13(11-17)15(12)21-8-7-20-6-5-19-4-3-18-2/h9-10H,3-8,11H2,1-2H3. The Morgan fingerprint density at radius 2 is 1.62 bits per heavy atom. The van der Waals surface area contributed by atoms with Gasteiger partial charge >= 0.3 is 0 Å². The summed E-state index contributed by atoms with van der Waals surface area (Å²) >= 11 is 9.39. The molecule has 0 saturated heterocycles. The molecule has 0 aromatic heterocycles. The van der Waals surface area contributed by atoms with Crippen molar-refractivity contribution in [2.45, 2.75) is 12.8 Å². The van der Waals surface area contributed by atoms with Crippen molar-refractivity contribution >= 4 is 27.5 Å². The summed E-state index contributed by atoms with van der Waals surface area (Å²) in [6.45, 7) is 5.32. The fraction of sp³-hybridized carbons (Fsp3) is 0.600. The lowest BCUT2D eigenvalue weighted by atomic mass is 10.1. The molecule has 0 heterocycles. The van der Waals surface area contributed by atoms with Gasteiger partial charge < -0.3 is 18.9 Å². The molecule has 1 rings (SSSR count). The molecule has 0 spiro atoms.